The lowest BCUT2D eigenvalue weighted by Crippen LogP contribution is -3.06. The summed E-state index contributed by atoms with van der Waals surface area (Å²) in [4.78, 5) is 11.0. The molecule has 0 aliphatic rings. The van der Waals surface area contributed by atoms with Gasteiger partial charge >= 0.3 is 0 Å². The molecule has 0 bridgehead atoms. The summed E-state index contributed by atoms with van der Waals surface area (Å²) in [5.41, 5.74) is 5.29. The Morgan fingerprint density at radius 2 is 1.88 bits per heavy atom. The topological polar surface area (TPSA) is 52.5 Å². The molecule has 4 rings (SSSR count). The fourth-order valence-electron chi connectivity index (χ4n) is 3.30. The second-order valence-corrected chi connectivity index (χ2v) is 7.80. The van der Waals surface area contributed by atoms with Crippen LogP contribution in [0.5, 0.6) is 0 Å². The van der Waals surface area contributed by atoms with Crippen molar-refractivity contribution in [3.8, 4) is 11.4 Å². The lowest BCUT2D eigenvalue weighted by molar-refractivity contribution is -0.858. The van der Waals surface area contributed by atoms with E-state index in [1.54, 1.807) is 10.8 Å². The zero-order valence-corrected chi connectivity index (χ0v) is 17.0. The smallest absolute Gasteiger partial charge is 0.183 e. The molecule has 0 spiro atoms. The number of halogens is 1. The molecular weight excluding hydrogens is 392 g/mol. The van der Waals surface area contributed by atoms with Gasteiger partial charge in [0.25, 0.3) is 0 Å². The van der Waals surface area contributed by atoms with Gasteiger partial charge in [0.15, 0.2) is 11.5 Å². The van der Waals surface area contributed by atoms with Gasteiger partial charge in [-0.15, -0.1) is 5.10 Å². The van der Waals surface area contributed by atoms with Crippen LogP contribution in [0.4, 0.5) is 0 Å². The number of rotatable bonds is 4. The number of benzene rings is 1. The molecule has 4 aromatic rings. The summed E-state index contributed by atoms with van der Waals surface area (Å²) in [6.45, 7) is 6.29. The standard InChI is InChI=1S/C19H21BrN6/c1-12-13(2)25(10-9-24(3)4)18-16(12)19-22-17(23-26(19)11-21-18)14-7-5-6-8-15(14)20/h5-8,11H,9-10H2,1-4H3/p+1. The summed E-state index contributed by atoms with van der Waals surface area (Å²) in [6.07, 6.45) is 1.77. The quantitative estimate of drug-likeness (QED) is 0.558. The Morgan fingerprint density at radius 3 is 2.62 bits per heavy atom. The third kappa shape index (κ3) is 2.71. The number of aromatic nitrogens is 5. The number of fused-ring (bicyclic) bond motifs is 3. The summed E-state index contributed by atoms with van der Waals surface area (Å²) in [5.74, 6) is 0.703. The summed E-state index contributed by atoms with van der Waals surface area (Å²) < 4.78 is 5.06. The molecule has 134 valence electrons. The summed E-state index contributed by atoms with van der Waals surface area (Å²) >= 11 is 3.59. The maximum Gasteiger partial charge on any atom is 0.183 e. The first-order chi connectivity index (χ1) is 12.5. The average Bonchev–Trinajstić information content (AvgIpc) is 3.13. The zero-order chi connectivity index (χ0) is 18.4. The van der Waals surface area contributed by atoms with Gasteiger partial charge in [0.1, 0.15) is 12.0 Å². The average molecular weight is 414 g/mol. The zero-order valence-electron chi connectivity index (χ0n) is 15.4. The van der Waals surface area contributed by atoms with Crippen molar-refractivity contribution in [2.24, 2.45) is 0 Å². The second kappa shape index (κ2) is 6.48. The van der Waals surface area contributed by atoms with Crippen molar-refractivity contribution in [2.75, 3.05) is 20.6 Å². The molecule has 1 N–H and O–H groups in total. The Labute approximate surface area is 160 Å². The van der Waals surface area contributed by atoms with Crippen molar-refractivity contribution in [1.82, 2.24) is 24.1 Å². The van der Waals surface area contributed by atoms with Gasteiger partial charge < -0.3 is 9.47 Å². The minimum atomic E-state index is 0.703. The van der Waals surface area contributed by atoms with E-state index in [1.165, 1.54) is 16.2 Å². The van der Waals surface area contributed by atoms with E-state index in [1.807, 2.05) is 24.3 Å². The van der Waals surface area contributed by atoms with E-state index in [2.05, 4.69) is 53.5 Å². The van der Waals surface area contributed by atoms with Crippen LogP contribution in [0, 0.1) is 13.8 Å². The molecule has 3 heterocycles. The van der Waals surface area contributed by atoms with Gasteiger partial charge in [0, 0.05) is 15.7 Å². The minimum absolute atomic E-state index is 0.703. The second-order valence-electron chi connectivity index (χ2n) is 6.95. The molecule has 0 saturated carbocycles. The Hall–Kier alpha value is -2.25. The van der Waals surface area contributed by atoms with Gasteiger partial charge in [-0.1, -0.05) is 28.1 Å². The third-order valence-electron chi connectivity index (χ3n) is 4.90. The van der Waals surface area contributed by atoms with E-state index in [-0.39, 0.29) is 0 Å². The number of nitrogens with zero attached hydrogens (tertiary/aromatic N) is 5. The highest BCUT2D eigenvalue weighted by atomic mass is 79.9. The van der Waals surface area contributed by atoms with Crippen LogP contribution in [-0.2, 0) is 6.54 Å². The Bertz CT molecular complexity index is 1110. The van der Waals surface area contributed by atoms with Crippen LogP contribution in [0.3, 0.4) is 0 Å². The number of quaternary nitrogens is 1. The first-order valence-electron chi connectivity index (χ1n) is 8.72. The van der Waals surface area contributed by atoms with Crippen LogP contribution in [0.15, 0.2) is 35.1 Å². The minimum Gasteiger partial charge on any atom is -0.338 e. The number of hydrogen-bond acceptors (Lipinski definition) is 3. The molecule has 7 heteroatoms. The van der Waals surface area contributed by atoms with E-state index in [0.717, 1.165) is 39.8 Å². The SMILES string of the molecule is Cc1c(C)n(CC[NH+](C)C)c2ncn3nc(-c4ccccc4Br)nc3c12. The molecule has 0 atom stereocenters. The Kier molecular flexibility index (Phi) is 4.28. The number of aryl methyl sites for hydroxylation is 1. The van der Waals surface area contributed by atoms with Gasteiger partial charge in [0.05, 0.1) is 32.6 Å². The van der Waals surface area contributed by atoms with Crippen LogP contribution >= 0.6 is 15.9 Å². The van der Waals surface area contributed by atoms with Crippen molar-refractivity contribution >= 4 is 32.6 Å². The van der Waals surface area contributed by atoms with Crippen molar-refractivity contribution in [3.63, 3.8) is 0 Å². The van der Waals surface area contributed by atoms with Crippen LogP contribution < -0.4 is 4.90 Å². The molecular formula is C19H22BrN6+. The summed E-state index contributed by atoms with van der Waals surface area (Å²) in [7, 11) is 4.34. The van der Waals surface area contributed by atoms with Crippen molar-refractivity contribution in [1.29, 1.82) is 0 Å². The number of nitrogens with one attached hydrogen (secondary N) is 1. The van der Waals surface area contributed by atoms with E-state index in [9.17, 15) is 0 Å². The highest BCUT2D eigenvalue weighted by Gasteiger charge is 2.19. The van der Waals surface area contributed by atoms with E-state index < -0.39 is 0 Å². The Balaban J connectivity index is 1.93. The summed E-state index contributed by atoms with van der Waals surface area (Å²) in [6, 6.07) is 8.01. The van der Waals surface area contributed by atoms with Gasteiger partial charge in [-0.25, -0.2) is 14.5 Å². The highest BCUT2D eigenvalue weighted by Crippen LogP contribution is 2.30. The monoisotopic (exact) mass is 413 g/mol. The predicted octanol–water partition coefficient (Wildman–Crippen LogP) is 2.27. The largest absolute Gasteiger partial charge is 0.338 e. The normalized spacial score (nSPS) is 11.9. The van der Waals surface area contributed by atoms with E-state index >= 15 is 0 Å². The lowest BCUT2D eigenvalue weighted by Gasteiger charge is -2.10. The van der Waals surface area contributed by atoms with Crippen LogP contribution in [-0.4, -0.2) is 44.8 Å². The van der Waals surface area contributed by atoms with Gasteiger partial charge in [-0.05, 0) is 31.5 Å². The maximum absolute atomic E-state index is 4.85. The fraction of sp³-hybridized carbons (Fsp3) is 0.316. The molecule has 0 aliphatic heterocycles. The molecule has 3 aromatic heterocycles. The van der Waals surface area contributed by atoms with Crippen molar-refractivity contribution in [3.05, 3.63) is 46.3 Å². The van der Waals surface area contributed by atoms with E-state index in [0.29, 0.717) is 5.82 Å². The molecule has 1 aromatic carbocycles. The van der Waals surface area contributed by atoms with E-state index in [4.69, 9.17) is 9.97 Å². The molecule has 26 heavy (non-hydrogen) atoms. The molecule has 6 nitrogen and oxygen atoms in total. The first-order valence-corrected chi connectivity index (χ1v) is 9.51. The summed E-state index contributed by atoms with van der Waals surface area (Å²) in [5, 5.41) is 5.74. The highest BCUT2D eigenvalue weighted by molar-refractivity contribution is 9.10. The van der Waals surface area contributed by atoms with Crippen molar-refractivity contribution in [2.45, 2.75) is 20.4 Å². The number of likely N-dealkylation sites (N-methyl/N-ethyl adjacent to an activating group) is 1. The molecule has 0 aliphatic carbocycles. The van der Waals surface area contributed by atoms with Crippen molar-refractivity contribution < 1.29 is 4.90 Å². The third-order valence-corrected chi connectivity index (χ3v) is 5.59. The molecule has 0 unspecified atom stereocenters. The van der Waals surface area contributed by atoms with Gasteiger partial charge in [-0.3, -0.25) is 0 Å². The van der Waals surface area contributed by atoms with Crippen LogP contribution in [0.25, 0.3) is 28.1 Å². The van der Waals surface area contributed by atoms with Crippen LogP contribution in [0.1, 0.15) is 11.3 Å². The molecule has 0 amide bonds. The molecule has 0 fully saturated rings. The maximum atomic E-state index is 4.85. The first kappa shape index (κ1) is 17.2. The fourth-order valence-corrected chi connectivity index (χ4v) is 3.76. The molecule has 0 radical (unpaired) electrons. The Morgan fingerprint density at radius 1 is 1.12 bits per heavy atom. The van der Waals surface area contributed by atoms with Crippen LogP contribution in [0.2, 0.25) is 0 Å². The lowest BCUT2D eigenvalue weighted by atomic mass is 10.2. The number of hydrogen-bond donors (Lipinski definition) is 1. The van der Waals surface area contributed by atoms with Gasteiger partial charge in [0.2, 0.25) is 0 Å². The van der Waals surface area contributed by atoms with Gasteiger partial charge in [-0.2, -0.15) is 0 Å². The predicted molar refractivity (Wildman–Crippen MR) is 107 cm³/mol. The molecule has 0 saturated heterocycles.